The molecule has 0 heterocycles. The zero-order valence-electron chi connectivity index (χ0n) is 12.3. The van der Waals surface area contributed by atoms with Crippen molar-refractivity contribution in [1.82, 2.24) is 4.31 Å². The Hall–Kier alpha value is -1.40. The highest BCUT2D eigenvalue weighted by molar-refractivity contribution is 7.89. The highest BCUT2D eigenvalue weighted by Crippen LogP contribution is 2.21. The number of carbonyl (C=O) groups excluding carboxylic acids is 1. The molecule has 5 nitrogen and oxygen atoms in total. The molecule has 0 radical (unpaired) electrons. The summed E-state index contributed by atoms with van der Waals surface area (Å²) in [5, 5.41) is 0. The van der Waals surface area contributed by atoms with Gasteiger partial charge in [-0.1, -0.05) is 32.9 Å². The number of sulfonamides is 1. The number of rotatable bonds is 6. The van der Waals surface area contributed by atoms with Crippen molar-refractivity contribution in [3.05, 3.63) is 29.8 Å². The summed E-state index contributed by atoms with van der Waals surface area (Å²) in [7, 11) is -2.47. The molecule has 0 saturated carbocycles. The van der Waals surface area contributed by atoms with Gasteiger partial charge in [0.15, 0.2) is 0 Å². The van der Waals surface area contributed by atoms with Crippen LogP contribution >= 0.6 is 0 Å². The Morgan fingerprint density at radius 2 is 1.90 bits per heavy atom. The zero-order valence-corrected chi connectivity index (χ0v) is 13.1. The molecule has 1 aromatic rings. The van der Waals surface area contributed by atoms with Crippen LogP contribution in [0.5, 0.6) is 0 Å². The molecule has 0 aliphatic heterocycles. The fourth-order valence-electron chi connectivity index (χ4n) is 1.91. The number of carbonyl (C=O) groups is 1. The van der Waals surface area contributed by atoms with Gasteiger partial charge in [0.05, 0.1) is 17.6 Å². The summed E-state index contributed by atoms with van der Waals surface area (Å²) >= 11 is 0. The van der Waals surface area contributed by atoms with Crippen LogP contribution in [0, 0.1) is 5.92 Å². The maximum atomic E-state index is 12.7. The molecule has 0 aliphatic carbocycles. The number of hydrogen-bond donors (Lipinski definition) is 0. The summed E-state index contributed by atoms with van der Waals surface area (Å²) in [6.07, 6.45) is 0. The van der Waals surface area contributed by atoms with E-state index in [-0.39, 0.29) is 16.4 Å². The van der Waals surface area contributed by atoms with Gasteiger partial charge in [0.25, 0.3) is 0 Å². The van der Waals surface area contributed by atoms with Gasteiger partial charge in [0, 0.05) is 13.1 Å². The van der Waals surface area contributed by atoms with Gasteiger partial charge >= 0.3 is 5.97 Å². The van der Waals surface area contributed by atoms with Gasteiger partial charge < -0.3 is 4.74 Å². The Kier molecular flexibility index (Phi) is 5.71. The van der Waals surface area contributed by atoms with Crippen LogP contribution in [0.2, 0.25) is 0 Å². The van der Waals surface area contributed by atoms with Crippen LogP contribution in [0.25, 0.3) is 0 Å². The lowest BCUT2D eigenvalue weighted by molar-refractivity contribution is 0.0596. The molecule has 0 fully saturated rings. The molecular weight excluding hydrogens is 278 g/mol. The minimum absolute atomic E-state index is 0.00523. The van der Waals surface area contributed by atoms with Crippen molar-refractivity contribution in [3.63, 3.8) is 0 Å². The first-order valence-electron chi connectivity index (χ1n) is 6.52. The Balaban J connectivity index is 3.31. The van der Waals surface area contributed by atoms with Crippen LogP contribution in [0.3, 0.4) is 0 Å². The summed E-state index contributed by atoms with van der Waals surface area (Å²) in [5.74, 6) is -0.445. The monoisotopic (exact) mass is 299 g/mol. The first-order chi connectivity index (χ1) is 9.34. The van der Waals surface area contributed by atoms with Crippen molar-refractivity contribution in [2.75, 3.05) is 20.2 Å². The second-order valence-corrected chi connectivity index (χ2v) is 6.74. The average molecular weight is 299 g/mol. The maximum Gasteiger partial charge on any atom is 0.339 e. The Labute approximate surface area is 120 Å². The predicted molar refractivity (Wildman–Crippen MR) is 77.1 cm³/mol. The lowest BCUT2D eigenvalue weighted by atomic mass is 10.2. The molecule has 112 valence electrons. The zero-order chi connectivity index (χ0) is 15.3. The van der Waals surface area contributed by atoms with E-state index in [4.69, 9.17) is 0 Å². The van der Waals surface area contributed by atoms with E-state index in [0.717, 1.165) is 0 Å². The molecule has 0 saturated heterocycles. The molecule has 1 rings (SSSR count). The normalized spacial score (nSPS) is 11.9. The largest absolute Gasteiger partial charge is 0.465 e. The number of benzene rings is 1. The quantitative estimate of drug-likeness (QED) is 0.755. The Bertz CT molecular complexity index is 566. The smallest absolute Gasteiger partial charge is 0.339 e. The minimum Gasteiger partial charge on any atom is -0.465 e. The van der Waals surface area contributed by atoms with Crippen LogP contribution in [-0.2, 0) is 14.8 Å². The molecular formula is C14H21NO4S. The third kappa shape index (κ3) is 3.58. The van der Waals surface area contributed by atoms with Gasteiger partial charge in [0.1, 0.15) is 0 Å². The fraction of sp³-hybridized carbons (Fsp3) is 0.500. The maximum absolute atomic E-state index is 12.7. The number of methoxy groups -OCH3 is 1. The first-order valence-corrected chi connectivity index (χ1v) is 7.96. The molecule has 0 unspecified atom stereocenters. The second-order valence-electron chi connectivity index (χ2n) is 4.84. The van der Waals surface area contributed by atoms with Crippen LogP contribution in [-0.4, -0.2) is 38.9 Å². The number of ether oxygens (including phenoxy) is 1. The molecule has 0 atom stereocenters. The topological polar surface area (TPSA) is 63.7 Å². The van der Waals surface area contributed by atoms with Gasteiger partial charge in [-0.3, -0.25) is 0 Å². The van der Waals surface area contributed by atoms with E-state index in [9.17, 15) is 13.2 Å². The van der Waals surface area contributed by atoms with Crippen molar-refractivity contribution < 1.29 is 17.9 Å². The molecule has 0 aromatic heterocycles. The Morgan fingerprint density at radius 1 is 1.30 bits per heavy atom. The van der Waals surface area contributed by atoms with Crippen LogP contribution < -0.4 is 0 Å². The molecule has 0 N–H and O–H groups in total. The minimum atomic E-state index is -3.70. The average Bonchev–Trinajstić information content (AvgIpc) is 2.43. The summed E-state index contributed by atoms with van der Waals surface area (Å²) in [6.45, 7) is 6.44. The number of esters is 1. The molecule has 0 aliphatic rings. The van der Waals surface area contributed by atoms with Crippen molar-refractivity contribution in [2.24, 2.45) is 5.92 Å². The van der Waals surface area contributed by atoms with Gasteiger partial charge in [-0.25, -0.2) is 13.2 Å². The third-order valence-electron chi connectivity index (χ3n) is 2.83. The summed E-state index contributed by atoms with van der Waals surface area (Å²) in [4.78, 5) is 11.7. The first kappa shape index (κ1) is 16.7. The SMILES string of the molecule is CCN(CC(C)C)S(=O)(=O)c1ccccc1C(=O)OC. The van der Waals surface area contributed by atoms with Gasteiger partial charge in [0.2, 0.25) is 10.0 Å². The third-order valence-corrected chi connectivity index (χ3v) is 4.83. The molecule has 20 heavy (non-hydrogen) atoms. The summed E-state index contributed by atoms with van der Waals surface area (Å²) < 4.78 is 31.3. The van der Waals surface area contributed by atoms with Gasteiger partial charge in [-0.2, -0.15) is 4.31 Å². The van der Waals surface area contributed by atoms with Crippen molar-refractivity contribution in [1.29, 1.82) is 0 Å². The second kappa shape index (κ2) is 6.85. The molecule has 1 aromatic carbocycles. The van der Waals surface area contributed by atoms with E-state index in [1.54, 1.807) is 19.1 Å². The number of nitrogens with zero attached hydrogens (tertiary/aromatic N) is 1. The van der Waals surface area contributed by atoms with Gasteiger partial charge in [-0.15, -0.1) is 0 Å². The Morgan fingerprint density at radius 3 is 2.40 bits per heavy atom. The van der Waals surface area contributed by atoms with Crippen LogP contribution in [0.15, 0.2) is 29.2 Å². The van der Waals surface area contributed by atoms with E-state index in [1.807, 2.05) is 13.8 Å². The lowest BCUT2D eigenvalue weighted by Gasteiger charge is -2.23. The van der Waals surface area contributed by atoms with Crippen molar-refractivity contribution in [2.45, 2.75) is 25.7 Å². The lowest BCUT2D eigenvalue weighted by Crippen LogP contribution is -2.35. The van der Waals surface area contributed by atoms with E-state index in [2.05, 4.69) is 4.74 Å². The van der Waals surface area contributed by atoms with Gasteiger partial charge in [-0.05, 0) is 18.1 Å². The van der Waals surface area contributed by atoms with Crippen LogP contribution in [0.4, 0.5) is 0 Å². The summed E-state index contributed by atoms with van der Waals surface area (Å²) in [5.41, 5.74) is 0.0669. The number of hydrogen-bond acceptors (Lipinski definition) is 4. The fourth-order valence-corrected chi connectivity index (χ4v) is 3.71. The summed E-state index contributed by atoms with van der Waals surface area (Å²) in [6, 6.07) is 6.11. The van der Waals surface area contributed by atoms with E-state index < -0.39 is 16.0 Å². The molecule has 0 amide bonds. The van der Waals surface area contributed by atoms with E-state index in [0.29, 0.717) is 13.1 Å². The van der Waals surface area contributed by atoms with Crippen molar-refractivity contribution >= 4 is 16.0 Å². The van der Waals surface area contributed by atoms with E-state index in [1.165, 1.54) is 23.5 Å². The molecule has 0 bridgehead atoms. The highest BCUT2D eigenvalue weighted by atomic mass is 32.2. The van der Waals surface area contributed by atoms with Crippen LogP contribution in [0.1, 0.15) is 31.1 Å². The molecule has 0 spiro atoms. The highest BCUT2D eigenvalue weighted by Gasteiger charge is 2.28. The molecule has 6 heteroatoms. The predicted octanol–water partition coefficient (Wildman–Crippen LogP) is 2.14. The van der Waals surface area contributed by atoms with E-state index >= 15 is 0 Å². The van der Waals surface area contributed by atoms with Crippen molar-refractivity contribution in [3.8, 4) is 0 Å². The standard InChI is InChI=1S/C14H21NO4S/c1-5-15(10-11(2)3)20(17,18)13-9-7-6-8-12(13)14(16)19-4/h6-9,11H,5,10H2,1-4H3.